The molecule has 1 fully saturated rings. The molecular weight excluding hydrogens is 392 g/mol. The van der Waals surface area contributed by atoms with Gasteiger partial charge < -0.3 is 14.4 Å². The van der Waals surface area contributed by atoms with Crippen LogP contribution in [0.15, 0.2) is 48.5 Å². The fourth-order valence-electron chi connectivity index (χ4n) is 3.94. The Balaban J connectivity index is 1.80. The standard InChI is InChI=1S/C25H28N2O4/c1-3-4-15-27-23(28)14-13-22(24(27)20-9-11-21(30-2)12-10-20)25(29)31-17-19-7-5-18(16-26)6-8-19/h5-12,22,24H,3-4,13-15,17H2,1-2H3/t22-,24-/m0/s1. The zero-order valence-corrected chi connectivity index (χ0v) is 18.0. The summed E-state index contributed by atoms with van der Waals surface area (Å²) in [4.78, 5) is 27.7. The molecule has 2 aromatic rings. The molecule has 2 atom stereocenters. The first kappa shape index (κ1) is 22.4. The average molecular weight is 421 g/mol. The first-order valence-electron chi connectivity index (χ1n) is 10.7. The molecule has 162 valence electrons. The van der Waals surface area contributed by atoms with Gasteiger partial charge in [0, 0.05) is 13.0 Å². The van der Waals surface area contributed by atoms with E-state index in [4.69, 9.17) is 14.7 Å². The third-order valence-electron chi connectivity index (χ3n) is 5.68. The highest BCUT2D eigenvalue weighted by molar-refractivity contribution is 5.82. The Morgan fingerprint density at radius 2 is 1.87 bits per heavy atom. The molecule has 0 saturated carbocycles. The molecule has 1 saturated heterocycles. The maximum absolute atomic E-state index is 13.1. The van der Waals surface area contributed by atoms with Crippen molar-refractivity contribution in [2.45, 2.75) is 45.3 Å². The minimum atomic E-state index is -0.429. The lowest BCUT2D eigenvalue weighted by Crippen LogP contribution is -2.46. The van der Waals surface area contributed by atoms with Gasteiger partial charge in [0.1, 0.15) is 12.4 Å². The maximum Gasteiger partial charge on any atom is 0.311 e. The molecule has 6 heteroatoms. The van der Waals surface area contributed by atoms with Crippen LogP contribution in [-0.4, -0.2) is 30.4 Å². The van der Waals surface area contributed by atoms with Gasteiger partial charge in [-0.25, -0.2) is 0 Å². The lowest BCUT2D eigenvalue weighted by atomic mass is 9.84. The summed E-state index contributed by atoms with van der Waals surface area (Å²) in [6.07, 6.45) is 2.65. The predicted octanol–water partition coefficient (Wildman–Crippen LogP) is 4.39. The number of unbranched alkanes of at least 4 members (excludes halogenated alkanes) is 1. The molecule has 6 nitrogen and oxygen atoms in total. The van der Waals surface area contributed by atoms with E-state index in [0.717, 1.165) is 29.7 Å². The van der Waals surface area contributed by atoms with Crippen LogP contribution >= 0.6 is 0 Å². The predicted molar refractivity (Wildman–Crippen MR) is 116 cm³/mol. The largest absolute Gasteiger partial charge is 0.497 e. The molecule has 0 spiro atoms. The Morgan fingerprint density at radius 3 is 2.48 bits per heavy atom. The monoisotopic (exact) mass is 420 g/mol. The van der Waals surface area contributed by atoms with E-state index in [2.05, 4.69) is 13.0 Å². The Hall–Kier alpha value is -3.33. The number of methoxy groups -OCH3 is 1. The number of benzene rings is 2. The fourth-order valence-corrected chi connectivity index (χ4v) is 3.94. The third kappa shape index (κ3) is 5.43. The zero-order chi connectivity index (χ0) is 22.2. The van der Waals surface area contributed by atoms with Gasteiger partial charge in [-0.05, 0) is 48.2 Å². The molecule has 1 aliphatic heterocycles. The van der Waals surface area contributed by atoms with E-state index in [1.54, 1.807) is 31.4 Å². The smallest absolute Gasteiger partial charge is 0.311 e. The number of rotatable bonds is 8. The highest BCUT2D eigenvalue weighted by atomic mass is 16.5. The van der Waals surface area contributed by atoms with Crippen molar-refractivity contribution < 1.29 is 19.1 Å². The summed E-state index contributed by atoms with van der Waals surface area (Å²) < 4.78 is 10.9. The number of carbonyl (C=O) groups is 2. The van der Waals surface area contributed by atoms with Gasteiger partial charge in [0.2, 0.25) is 5.91 Å². The van der Waals surface area contributed by atoms with E-state index in [0.29, 0.717) is 24.9 Å². The molecule has 1 aliphatic rings. The van der Waals surface area contributed by atoms with Gasteiger partial charge in [-0.3, -0.25) is 9.59 Å². The lowest BCUT2D eigenvalue weighted by molar-refractivity contribution is -0.158. The summed E-state index contributed by atoms with van der Waals surface area (Å²) in [5.74, 6) is 0.0665. The molecule has 0 bridgehead atoms. The second-order valence-corrected chi connectivity index (χ2v) is 7.72. The van der Waals surface area contributed by atoms with Crippen LogP contribution in [0.4, 0.5) is 0 Å². The molecule has 31 heavy (non-hydrogen) atoms. The topological polar surface area (TPSA) is 79.6 Å². The summed E-state index contributed by atoms with van der Waals surface area (Å²) in [6, 6.07) is 16.2. The van der Waals surface area contributed by atoms with E-state index >= 15 is 0 Å². The molecule has 0 N–H and O–H groups in total. The van der Waals surface area contributed by atoms with E-state index in [1.165, 1.54) is 0 Å². The second kappa shape index (κ2) is 10.6. The molecule has 1 amide bonds. The molecule has 0 radical (unpaired) electrons. The van der Waals surface area contributed by atoms with E-state index in [9.17, 15) is 9.59 Å². The van der Waals surface area contributed by atoms with Gasteiger partial charge in [-0.15, -0.1) is 0 Å². The van der Waals surface area contributed by atoms with Crippen LogP contribution in [0.5, 0.6) is 5.75 Å². The van der Waals surface area contributed by atoms with Crippen molar-refractivity contribution in [1.82, 2.24) is 4.90 Å². The van der Waals surface area contributed by atoms with Crippen LogP contribution in [0.1, 0.15) is 55.3 Å². The molecular formula is C25H28N2O4. The van der Waals surface area contributed by atoms with E-state index < -0.39 is 5.92 Å². The number of piperidine rings is 1. The number of hydrogen-bond acceptors (Lipinski definition) is 5. The Kier molecular flexibility index (Phi) is 7.66. The number of nitriles is 1. The van der Waals surface area contributed by atoms with Crippen molar-refractivity contribution in [3.8, 4) is 11.8 Å². The van der Waals surface area contributed by atoms with Crippen molar-refractivity contribution in [2.24, 2.45) is 5.92 Å². The summed E-state index contributed by atoms with van der Waals surface area (Å²) in [5, 5.41) is 8.92. The fraction of sp³-hybridized carbons (Fsp3) is 0.400. The molecule has 0 unspecified atom stereocenters. The third-order valence-corrected chi connectivity index (χ3v) is 5.68. The van der Waals surface area contributed by atoms with Crippen molar-refractivity contribution in [1.29, 1.82) is 5.26 Å². The van der Waals surface area contributed by atoms with Gasteiger partial charge in [0.15, 0.2) is 0 Å². The quantitative estimate of drug-likeness (QED) is 0.592. The van der Waals surface area contributed by atoms with Crippen LogP contribution in [0.25, 0.3) is 0 Å². The van der Waals surface area contributed by atoms with E-state index in [-0.39, 0.29) is 24.5 Å². The van der Waals surface area contributed by atoms with Gasteiger partial charge in [-0.1, -0.05) is 37.6 Å². The number of hydrogen-bond donors (Lipinski definition) is 0. The normalized spacial score (nSPS) is 18.4. The van der Waals surface area contributed by atoms with Crippen LogP contribution in [0.2, 0.25) is 0 Å². The first-order valence-corrected chi connectivity index (χ1v) is 10.7. The number of nitrogens with zero attached hydrogens (tertiary/aromatic N) is 2. The second-order valence-electron chi connectivity index (χ2n) is 7.72. The Labute approximate surface area is 183 Å². The van der Waals surface area contributed by atoms with Gasteiger partial charge >= 0.3 is 5.97 Å². The van der Waals surface area contributed by atoms with Crippen molar-refractivity contribution in [3.05, 3.63) is 65.2 Å². The van der Waals surface area contributed by atoms with Gasteiger partial charge in [0.05, 0.1) is 30.7 Å². The molecule has 0 aromatic heterocycles. The maximum atomic E-state index is 13.1. The van der Waals surface area contributed by atoms with Crippen molar-refractivity contribution >= 4 is 11.9 Å². The van der Waals surface area contributed by atoms with Crippen LogP contribution in [0, 0.1) is 17.2 Å². The number of ether oxygens (including phenoxy) is 2. The average Bonchev–Trinajstić information content (AvgIpc) is 2.82. The Morgan fingerprint density at radius 1 is 1.16 bits per heavy atom. The first-order chi connectivity index (χ1) is 15.1. The van der Waals surface area contributed by atoms with Gasteiger partial charge in [0.25, 0.3) is 0 Å². The van der Waals surface area contributed by atoms with Crippen LogP contribution in [-0.2, 0) is 20.9 Å². The van der Waals surface area contributed by atoms with Gasteiger partial charge in [-0.2, -0.15) is 5.26 Å². The molecule has 3 rings (SSSR count). The molecule has 1 heterocycles. The number of likely N-dealkylation sites (tertiary alicyclic amines) is 1. The Bertz CT molecular complexity index is 931. The molecule has 0 aliphatic carbocycles. The number of amides is 1. The minimum absolute atomic E-state index is 0.0745. The minimum Gasteiger partial charge on any atom is -0.497 e. The van der Waals surface area contributed by atoms with Crippen LogP contribution in [0.3, 0.4) is 0 Å². The SMILES string of the molecule is CCCCN1C(=O)CC[C@H](C(=O)OCc2ccc(C#N)cc2)[C@@H]1c1ccc(OC)cc1. The van der Waals surface area contributed by atoms with Crippen molar-refractivity contribution in [3.63, 3.8) is 0 Å². The summed E-state index contributed by atoms with van der Waals surface area (Å²) in [6.45, 7) is 2.84. The summed E-state index contributed by atoms with van der Waals surface area (Å²) >= 11 is 0. The number of carbonyl (C=O) groups excluding carboxylic acids is 2. The lowest BCUT2D eigenvalue weighted by Gasteiger charge is -2.40. The summed E-state index contributed by atoms with van der Waals surface area (Å²) in [7, 11) is 1.61. The van der Waals surface area contributed by atoms with Crippen LogP contribution < -0.4 is 4.74 Å². The number of esters is 1. The highest BCUT2D eigenvalue weighted by Crippen LogP contribution is 2.38. The van der Waals surface area contributed by atoms with Crippen molar-refractivity contribution in [2.75, 3.05) is 13.7 Å². The zero-order valence-electron chi connectivity index (χ0n) is 18.0. The molecule has 2 aromatic carbocycles. The van der Waals surface area contributed by atoms with E-state index in [1.807, 2.05) is 29.2 Å². The highest BCUT2D eigenvalue weighted by Gasteiger charge is 2.41. The summed E-state index contributed by atoms with van der Waals surface area (Å²) in [5.41, 5.74) is 2.29.